The highest BCUT2D eigenvalue weighted by Crippen LogP contribution is 1.98. The van der Waals surface area contributed by atoms with Crippen LogP contribution >= 0.6 is 0 Å². The number of carbonyl (C=O) groups is 3. The minimum Gasteiger partial charge on any atom is -0.481 e. The van der Waals surface area contributed by atoms with Gasteiger partial charge in [0.15, 0.2) is 0 Å². The molecule has 0 aliphatic rings. The molecule has 4 N–H and O–H groups in total. The lowest BCUT2D eigenvalue weighted by molar-refractivity contribution is -0.140. The van der Waals surface area contributed by atoms with Gasteiger partial charge in [-0.1, -0.05) is 0 Å². The number of rotatable bonds is 10. The maximum Gasteiger partial charge on any atom is 0.326 e. The molecule has 0 bridgehead atoms. The van der Waals surface area contributed by atoms with Crippen LogP contribution in [0.15, 0.2) is 0 Å². The van der Waals surface area contributed by atoms with Crippen molar-refractivity contribution in [3.63, 3.8) is 0 Å². The number of unbranched alkanes of at least 4 members (excludes halogenated alkanes) is 1. The number of nitrogens with zero attached hydrogens (tertiary/aromatic N) is 1. The molecular formula is C12H23N3O5. The number of amides is 2. The zero-order valence-corrected chi connectivity index (χ0v) is 11.9. The molecule has 0 fully saturated rings. The highest BCUT2D eigenvalue weighted by Gasteiger charge is 2.20. The normalized spacial score (nSPS) is 11.9. The first-order valence-corrected chi connectivity index (χ1v) is 6.46. The van der Waals surface area contributed by atoms with Crippen LogP contribution < -0.4 is 10.6 Å². The zero-order valence-electron chi connectivity index (χ0n) is 11.9. The van der Waals surface area contributed by atoms with Crippen molar-refractivity contribution in [2.24, 2.45) is 0 Å². The fraction of sp³-hybridized carbons (Fsp3) is 0.750. The summed E-state index contributed by atoms with van der Waals surface area (Å²) in [5.74, 6) is -2.34. The lowest BCUT2D eigenvalue weighted by atomic mass is 10.1. The Morgan fingerprint density at radius 3 is 2.30 bits per heavy atom. The predicted molar refractivity (Wildman–Crippen MR) is 72.6 cm³/mol. The summed E-state index contributed by atoms with van der Waals surface area (Å²) < 4.78 is 0. The van der Waals surface area contributed by atoms with E-state index in [1.54, 1.807) is 0 Å². The molecule has 0 aliphatic heterocycles. The quantitative estimate of drug-likeness (QED) is 0.418. The van der Waals surface area contributed by atoms with Gasteiger partial charge in [-0.15, -0.1) is 0 Å². The average Bonchev–Trinajstić information content (AvgIpc) is 2.32. The average molecular weight is 289 g/mol. The van der Waals surface area contributed by atoms with Crippen LogP contribution in [0.5, 0.6) is 0 Å². The number of nitrogens with one attached hydrogen (secondary N) is 2. The maximum atomic E-state index is 11.5. The van der Waals surface area contributed by atoms with Crippen LogP contribution in [0.25, 0.3) is 0 Å². The summed E-state index contributed by atoms with van der Waals surface area (Å²) in [5, 5.41) is 22.2. The molecule has 0 saturated heterocycles. The Labute approximate surface area is 118 Å². The Hall–Kier alpha value is -1.83. The monoisotopic (exact) mass is 289 g/mol. The van der Waals surface area contributed by atoms with Crippen molar-refractivity contribution in [3.05, 3.63) is 0 Å². The molecule has 2 amide bonds. The molecule has 0 radical (unpaired) electrons. The first-order chi connectivity index (χ1) is 9.32. The fourth-order valence-corrected chi connectivity index (χ4v) is 1.49. The van der Waals surface area contributed by atoms with E-state index >= 15 is 0 Å². The molecule has 0 rings (SSSR count). The largest absolute Gasteiger partial charge is 0.481 e. The van der Waals surface area contributed by atoms with Crippen LogP contribution in [0.1, 0.15) is 25.7 Å². The maximum absolute atomic E-state index is 11.5. The summed E-state index contributed by atoms with van der Waals surface area (Å²) in [6.45, 7) is 1.37. The second-order valence-corrected chi connectivity index (χ2v) is 4.73. The van der Waals surface area contributed by atoms with Crippen LogP contribution in [0.2, 0.25) is 0 Å². The van der Waals surface area contributed by atoms with E-state index in [-0.39, 0.29) is 12.8 Å². The Morgan fingerprint density at radius 2 is 1.80 bits per heavy atom. The van der Waals surface area contributed by atoms with Gasteiger partial charge in [0.25, 0.3) is 0 Å². The van der Waals surface area contributed by atoms with Gasteiger partial charge < -0.3 is 25.7 Å². The van der Waals surface area contributed by atoms with Crippen LogP contribution in [-0.4, -0.2) is 66.3 Å². The number of hydrogen-bond acceptors (Lipinski definition) is 4. The van der Waals surface area contributed by atoms with Crippen molar-refractivity contribution in [1.29, 1.82) is 0 Å². The molecule has 8 nitrogen and oxygen atoms in total. The molecule has 0 aliphatic carbocycles. The topological polar surface area (TPSA) is 119 Å². The zero-order chi connectivity index (χ0) is 15.5. The number of aliphatic carboxylic acids is 2. The standard InChI is InChI=1S/C12H23N3O5/c1-15(2)8-4-3-7-13-12(20)14-9(11(18)19)5-6-10(16)17/h9H,3-8H2,1-2H3,(H,16,17)(H,18,19)(H2,13,14,20)/t9-/m0/s1. The summed E-state index contributed by atoms with van der Waals surface area (Å²) in [7, 11) is 3.92. The summed E-state index contributed by atoms with van der Waals surface area (Å²) in [6, 6.07) is -1.78. The Morgan fingerprint density at radius 1 is 1.15 bits per heavy atom. The molecular weight excluding hydrogens is 266 g/mol. The number of urea groups is 1. The molecule has 0 aromatic heterocycles. The van der Waals surface area contributed by atoms with E-state index in [1.165, 1.54) is 0 Å². The van der Waals surface area contributed by atoms with E-state index in [0.717, 1.165) is 19.4 Å². The smallest absolute Gasteiger partial charge is 0.326 e. The molecule has 0 saturated carbocycles. The van der Waals surface area contributed by atoms with Gasteiger partial charge in [-0.2, -0.15) is 0 Å². The van der Waals surface area contributed by atoms with Crippen molar-refractivity contribution in [2.45, 2.75) is 31.7 Å². The third-order valence-electron chi connectivity index (χ3n) is 2.57. The number of hydrogen-bond donors (Lipinski definition) is 4. The minimum absolute atomic E-state index is 0.140. The number of carboxylic acids is 2. The molecule has 0 spiro atoms. The van der Waals surface area contributed by atoms with Gasteiger partial charge in [-0.25, -0.2) is 9.59 Å². The molecule has 20 heavy (non-hydrogen) atoms. The van der Waals surface area contributed by atoms with Crippen LogP contribution in [0, 0.1) is 0 Å². The van der Waals surface area contributed by atoms with Gasteiger partial charge in [0, 0.05) is 13.0 Å². The van der Waals surface area contributed by atoms with E-state index in [4.69, 9.17) is 10.2 Å². The molecule has 1 atom stereocenters. The molecule has 0 heterocycles. The summed E-state index contributed by atoms with van der Waals surface area (Å²) in [6.07, 6.45) is 1.27. The fourth-order valence-electron chi connectivity index (χ4n) is 1.49. The van der Waals surface area contributed by atoms with Crippen LogP contribution in [0.3, 0.4) is 0 Å². The van der Waals surface area contributed by atoms with E-state index in [9.17, 15) is 14.4 Å². The van der Waals surface area contributed by atoms with Gasteiger partial charge in [0.05, 0.1) is 0 Å². The second kappa shape index (κ2) is 10.0. The van der Waals surface area contributed by atoms with E-state index in [1.807, 2.05) is 19.0 Å². The third kappa shape index (κ3) is 10.1. The highest BCUT2D eigenvalue weighted by atomic mass is 16.4. The highest BCUT2D eigenvalue weighted by molar-refractivity contribution is 5.82. The van der Waals surface area contributed by atoms with Gasteiger partial charge in [-0.05, 0) is 39.9 Å². The van der Waals surface area contributed by atoms with Crippen LogP contribution in [-0.2, 0) is 9.59 Å². The molecule has 116 valence electrons. The van der Waals surface area contributed by atoms with Crippen molar-refractivity contribution < 1.29 is 24.6 Å². The summed E-state index contributed by atoms with van der Waals surface area (Å²) >= 11 is 0. The van der Waals surface area contributed by atoms with Crippen molar-refractivity contribution >= 4 is 18.0 Å². The van der Waals surface area contributed by atoms with Gasteiger partial charge >= 0.3 is 18.0 Å². The summed E-state index contributed by atoms with van der Waals surface area (Å²) in [5.41, 5.74) is 0. The third-order valence-corrected chi connectivity index (χ3v) is 2.57. The minimum atomic E-state index is -1.24. The number of carbonyl (C=O) groups excluding carboxylic acids is 1. The lowest BCUT2D eigenvalue weighted by Gasteiger charge is -2.14. The number of carboxylic acid groups (broad SMARTS) is 2. The first kappa shape index (κ1) is 18.2. The first-order valence-electron chi connectivity index (χ1n) is 6.46. The van der Waals surface area contributed by atoms with Crippen LogP contribution in [0.4, 0.5) is 4.79 Å². The Bertz CT molecular complexity index is 333. The predicted octanol–water partition coefficient (Wildman–Crippen LogP) is -0.0546. The van der Waals surface area contributed by atoms with Crippen molar-refractivity contribution in [2.75, 3.05) is 27.2 Å². The van der Waals surface area contributed by atoms with Gasteiger partial charge in [0.2, 0.25) is 0 Å². The molecule has 0 unspecified atom stereocenters. The molecule has 8 heteroatoms. The lowest BCUT2D eigenvalue weighted by Crippen LogP contribution is -2.46. The Balaban J connectivity index is 3.89. The Kier molecular flexibility index (Phi) is 9.10. The van der Waals surface area contributed by atoms with E-state index in [2.05, 4.69) is 10.6 Å². The van der Waals surface area contributed by atoms with Crippen molar-refractivity contribution in [3.8, 4) is 0 Å². The van der Waals surface area contributed by atoms with Gasteiger partial charge in [-0.3, -0.25) is 4.79 Å². The van der Waals surface area contributed by atoms with Crippen molar-refractivity contribution in [1.82, 2.24) is 15.5 Å². The second-order valence-electron chi connectivity index (χ2n) is 4.73. The van der Waals surface area contributed by atoms with Gasteiger partial charge in [0.1, 0.15) is 6.04 Å². The SMILES string of the molecule is CN(C)CCCCNC(=O)N[C@@H](CCC(=O)O)C(=O)O. The van der Waals surface area contributed by atoms with E-state index < -0.39 is 24.0 Å². The van der Waals surface area contributed by atoms with E-state index in [0.29, 0.717) is 6.54 Å². The molecule has 0 aromatic carbocycles. The molecule has 0 aromatic rings. The summed E-state index contributed by atoms with van der Waals surface area (Å²) in [4.78, 5) is 34.7.